The van der Waals surface area contributed by atoms with Crippen LogP contribution in [-0.2, 0) is 4.74 Å². The Kier molecular flexibility index (Phi) is 6.36. The monoisotopic (exact) mass is 322 g/mol. The molecule has 1 atom stereocenters. The molecule has 1 heterocycles. The lowest BCUT2D eigenvalue weighted by atomic mass is 10.0. The lowest BCUT2D eigenvalue weighted by Crippen LogP contribution is -2.41. The Balaban J connectivity index is 2.22. The number of hydrogen-bond donors (Lipinski definition) is 0. The molecule has 5 nitrogen and oxygen atoms in total. The van der Waals surface area contributed by atoms with Crippen molar-refractivity contribution in [3.05, 3.63) is 35.6 Å². The van der Waals surface area contributed by atoms with Gasteiger partial charge < -0.3 is 14.5 Å². The van der Waals surface area contributed by atoms with Crippen molar-refractivity contribution in [2.75, 3.05) is 61.0 Å². The van der Waals surface area contributed by atoms with Gasteiger partial charge in [-0.1, -0.05) is 12.1 Å². The van der Waals surface area contributed by atoms with E-state index in [-0.39, 0.29) is 11.9 Å². The molecule has 1 aromatic carbocycles. The first kappa shape index (κ1) is 17.7. The van der Waals surface area contributed by atoms with Gasteiger partial charge in [-0.2, -0.15) is 0 Å². The normalized spacial score (nSPS) is 16.7. The van der Waals surface area contributed by atoms with Gasteiger partial charge >= 0.3 is 0 Å². The molecule has 0 spiro atoms. The first-order valence-corrected chi connectivity index (χ1v) is 7.95. The third-order valence-corrected chi connectivity index (χ3v) is 3.95. The van der Waals surface area contributed by atoms with Gasteiger partial charge in [-0.15, -0.1) is 0 Å². The van der Waals surface area contributed by atoms with Crippen LogP contribution in [0.2, 0.25) is 0 Å². The van der Waals surface area contributed by atoms with Gasteiger partial charge in [0.25, 0.3) is 0 Å². The van der Waals surface area contributed by atoms with Crippen molar-refractivity contribution in [3.8, 4) is 0 Å². The minimum absolute atomic E-state index is 0.134. The quantitative estimate of drug-likeness (QED) is 0.623. The Bertz CT molecular complexity index is 500. The molecular weight excluding hydrogens is 295 g/mol. The fourth-order valence-electron chi connectivity index (χ4n) is 2.86. The second-order valence-corrected chi connectivity index (χ2v) is 6.15. The minimum atomic E-state index is -0.208. The second-order valence-electron chi connectivity index (χ2n) is 6.15. The van der Waals surface area contributed by atoms with Gasteiger partial charge in [0, 0.05) is 41.3 Å². The maximum absolute atomic E-state index is 13.2. The van der Waals surface area contributed by atoms with E-state index in [1.807, 2.05) is 50.1 Å². The molecule has 0 N–H and O–H groups in total. The van der Waals surface area contributed by atoms with Crippen LogP contribution in [0.5, 0.6) is 0 Å². The molecule has 0 amide bonds. The minimum Gasteiger partial charge on any atom is -0.379 e. The van der Waals surface area contributed by atoms with Crippen LogP contribution >= 0.6 is 0 Å². The third kappa shape index (κ3) is 4.91. The Hall–Kier alpha value is -1.66. The van der Waals surface area contributed by atoms with Crippen molar-refractivity contribution in [1.82, 2.24) is 14.7 Å². The molecule has 1 aromatic rings. The van der Waals surface area contributed by atoms with Crippen molar-refractivity contribution in [2.24, 2.45) is 4.99 Å². The second kappa shape index (κ2) is 8.26. The van der Waals surface area contributed by atoms with Gasteiger partial charge in [0.15, 0.2) is 5.96 Å². The summed E-state index contributed by atoms with van der Waals surface area (Å²) in [7, 11) is 7.95. The molecule has 23 heavy (non-hydrogen) atoms. The molecule has 1 aliphatic rings. The van der Waals surface area contributed by atoms with Gasteiger partial charge in [0.1, 0.15) is 5.82 Å². The third-order valence-electron chi connectivity index (χ3n) is 3.95. The van der Waals surface area contributed by atoms with Crippen molar-refractivity contribution in [1.29, 1.82) is 0 Å². The van der Waals surface area contributed by atoms with Crippen LogP contribution in [0.4, 0.5) is 4.39 Å². The summed E-state index contributed by atoms with van der Waals surface area (Å²) >= 11 is 0. The van der Waals surface area contributed by atoms with Crippen LogP contribution in [0.1, 0.15) is 11.6 Å². The molecule has 0 aliphatic carbocycles. The van der Waals surface area contributed by atoms with E-state index in [0.29, 0.717) is 6.54 Å². The Morgan fingerprint density at radius 2 is 1.70 bits per heavy atom. The molecule has 2 rings (SSSR count). The highest BCUT2D eigenvalue weighted by atomic mass is 19.1. The number of guanidine groups is 1. The Morgan fingerprint density at radius 1 is 1.13 bits per heavy atom. The summed E-state index contributed by atoms with van der Waals surface area (Å²) in [6.07, 6.45) is 0. The van der Waals surface area contributed by atoms with Crippen molar-refractivity contribution in [2.45, 2.75) is 6.04 Å². The number of morpholine rings is 1. The van der Waals surface area contributed by atoms with Crippen molar-refractivity contribution in [3.63, 3.8) is 0 Å². The average molecular weight is 322 g/mol. The van der Waals surface area contributed by atoms with E-state index in [0.717, 1.165) is 37.8 Å². The number of nitrogens with zero attached hydrogens (tertiary/aromatic N) is 4. The number of ether oxygens (including phenoxy) is 1. The van der Waals surface area contributed by atoms with E-state index < -0.39 is 0 Å². The molecule has 1 fully saturated rings. The van der Waals surface area contributed by atoms with Gasteiger partial charge in [-0.25, -0.2) is 4.39 Å². The molecule has 0 aromatic heterocycles. The van der Waals surface area contributed by atoms with E-state index in [1.165, 1.54) is 12.1 Å². The van der Waals surface area contributed by atoms with E-state index in [2.05, 4.69) is 4.90 Å². The average Bonchev–Trinajstić information content (AvgIpc) is 2.53. The topological polar surface area (TPSA) is 31.3 Å². The summed E-state index contributed by atoms with van der Waals surface area (Å²) in [6.45, 7) is 3.84. The first-order chi connectivity index (χ1) is 11.0. The fourth-order valence-corrected chi connectivity index (χ4v) is 2.86. The zero-order valence-electron chi connectivity index (χ0n) is 14.5. The predicted molar refractivity (Wildman–Crippen MR) is 91.2 cm³/mol. The number of benzene rings is 1. The maximum Gasteiger partial charge on any atom is 0.195 e. The van der Waals surface area contributed by atoms with E-state index in [9.17, 15) is 4.39 Å². The summed E-state index contributed by atoms with van der Waals surface area (Å²) in [5.41, 5.74) is 1.09. The molecule has 1 aliphatic heterocycles. The molecule has 1 unspecified atom stereocenters. The van der Waals surface area contributed by atoms with Crippen LogP contribution in [0.25, 0.3) is 0 Å². The number of hydrogen-bond acceptors (Lipinski definition) is 3. The summed E-state index contributed by atoms with van der Waals surface area (Å²) < 4.78 is 18.7. The van der Waals surface area contributed by atoms with Gasteiger partial charge in [0.05, 0.1) is 25.8 Å². The largest absolute Gasteiger partial charge is 0.379 e. The Morgan fingerprint density at radius 3 is 2.22 bits per heavy atom. The lowest BCUT2D eigenvalue weighted by Gasteiger charge is -2.34. The van der Waals surface area contributed by atoms with Crippen LogP contribution in [0.15, 0.2) is 29.3 Å². The van der Waals surface area contributed by atoms with Crippen LogP contribution in [0.3, 0.4) is 0 Å². The lowest BCUT2D eigenvalue weighted by molar-refractivity contribution is 0.0179. The summed E-state index contributed by atoms with van der Waals surface area (Å²) in [4.78, 5) is 11.2. The fraction of sp³-hybridized carbons (Fsp3) is 0.588. The summed E-state index contributed by atoms with van der Waals surface area (Å²) in [5, 5.41) is 0. The molecule has 128 valence electrons. The van der Waals surface area contributed by atoms with E-state index >= 15 is 0 Å². The summed E-state index contributed by atoms with van der Waals surface area (Å²) in [5.74, 6) is 0.714. The van der Waals surface area contributed by atoms with E-state index in [4.69, 9.17) is 9.73 Å². The molecule has 0 bridgehead atoms. The van der Waals surface area contributed by atoms with Crippen LogP contribution in [-0.4, -0.2) is 81.7 Å². The smallest absolute Gasteiger partial charge is 0.195 e. The molecular formula is C17H27FN4O. The zero-order chi connectivity index (χ0) is 16.8. The highest BCUT2D eigenvalue weighted by molar-refractivity contribution is 5.79. The van der Waals surface area contributed by atoms with Gasteiger partial charge in [0.2, 0.25) is 0 Å². The maximum atomic E-state index is 13.2. The number of halogens is 1. The molecule has 6 heteroatoms. The standard InChI is InChI=1S/C17H27FN4O/c1-20(2)17(21(3)4)19-13-16(22-9-11-23-12-10-22)14-5-7-15(18)8-6-14/h5-8,16H,9-13H2,1-4H3. The van der Waals surface area contributed by atoms with Crippen molar-refractivity contribution >= 4 is 5.96 Å². The highest BCUT2D eigenvalue weighted by Crippen LogP contribution is 2.23. The Labute approximate surface area is 138 Å². The van der Waals surface area contributed by atoms with Gasteiger partial charge in [-0.05, 0) is 17.7 Å². The molecule has 1 saturated heterocycles. The van der Waals surface area contributed by atoms with E-state index in [1.54, 1.807) is 0 Å². The predicted octanol–water partition coefficient (Wildman–Crippen LogP) is 1.68. The number of aliphatic imine (C=N–C) groups is 1. The zero-order valence-corrected chi connectivity index (χ0v) is 14.5. The van der Waals surface area contributed by atoms with Gasteiger partial charge in [-0.3, -0.25) is 9.89 Å². The molecule has 0 radical (unpaired) electrons. The highest BCUT2D eigenvalue weighted by Gasteiger charge is 2.23. The summed E-state index contributed by atoms with van der Waals surface area (Å²) in [6, 6.07) is 6.89. The van der Waals surface area contributed by atoms with Crippen LogP contribution in [0, 0.1) is 5.82 Å². The number of rotatable bonds is 4. The SMILES string of the molecule is CN(C)C(=NCC(c1ccc(F)cc1)N1CCOCC1)N(C)C. The molecule has 0 saturated carbocycles. The first-order valence-electron chi connectivity index (χ1n) is 7.95. The van der Waals surface area contributed by atoms with Crippen molar-refractivity contribution < 1.29 is 9.13 Å². The van der Waals surface area contributed by atoms with Crippen LogP contribution < -0.4 is 0 Å².